The molecule has 1 saturated heterocycles. The molecule has 1 aliphatic heterocycles. The summed E-state index contributed by atoms with van der Waals surface area (Å²) in [6, 6.07) is 13.9. The molecule has 0 aromatic heterocycles. The van der Waals surface area contributed by atoms with Crippen molar-refractivity contribution in [2.75, 3.05) is 13.7 Å². The monoisotopic (exact) mass is 478 g/mol. The quantitative estimate of drug-likeness (QED) is 0.551. The summed E-state index contributed by atoms with van der Waals surface area (Å²) in [6.45, 7) is 6.38. The van der Waals surface area contributed by atoms with Crippen LogP contribution < -0.4 is 10.1 Å². The number of ether oxygens (including phenoxy) is 2. The number of hydrogen-bond donors (Lipinski definition) is 1. The molecule has 2 aromatic rings. The fraction of sp³-hybridized carbons (Fsp3) is 0.500. The van der Waals surface area contributed by atoms with Gasteiger partial charge in [-0.05, 0) is 50.8 Å². The van der Waals surface area contributed by atoms with E-state index >= 15 is 0 Å². The van der Waals surface area contributed by atoms with Crippen LogP contribution in [-0.4, -0.2) is 42.5 Å². The summed E-state index contributed by atoms with van der Waals surface area (Å²) < 4.78 is 49.8. The van der Waals surface area contributed by atoms with Gasteiger partial charge >= 0.3 is 12.3 Å². The Hall–Kier alpha value is -2.74. The molecule has 1 N–H and O–H groups in total. The summed E-state index contributed by atoms with van der Waals surface area (Å²) in [7, 11) is 1.50. The fourth-order valence-electron chi connectivity index (χ4n) is 4.35. The molecule has 186 valence electrons. The number of carbonyl (C=O) groups excluding carboxylic acids is 1. The van der Waals surface area contributed by atoms with E-state index in [1.165, 1.54) is 19.2 Å². The summed E-state index contributed by atoms with van der Waals surface area (Å²) in [4.78, 5) is 14.8. The number of carbonyl (C=O) groups is 1. The maximum Gasteiger partial charge on any atom is 0.410 e. The van der Waals surface area contributed by atoms with Crippen molar-refractivity contribution in [2.45, 2.75) is 70.4 Å². The zero-order valence-corrected chi connectivity index (χ0v) is 20.1. The molecule has 2 aromatic carbocycles. The smallest absolute Gasteiger partial charge is 0.410 e. The maximum atomic E-state index is 13.0. The first-order chi connectivity index (χ1) is 16.0. The van der Waals surface area contributed by atoms with E-state index in [2.05, 4.69) is 5.32 Å². The molecule has 1 aliphatic rings. The fourth-order valence-corrected chi connectivity index (χ4v) is 4.35. The van der Waals surface area contributed by atoms with Crippen molar-refractivity contribution in [2.24, 2.45) is 0 Å². The summed E-state index contributed by atoms with van der Waals surface area (Å²) in [6.07, 6.45) is -4.06. The van der Waals surface area contributed by atoms with E-state index in [1.54, 1.807) is 11.0 Å². The lowest BCUT2D eigenvalue weighted by atomic mass is 9.90. The first-order valence-corrected chi connectivity index (χ1v) is 11.5. The number of hydrogen-bond acceptors (Lipinski definition) is 4. The second-order valence-electron chi connectivity index (χ2n) is 9.60. The molecule has 2 unspecified atom stereocenters. The van der Waals surface area contributed by atoms with E-state index in [4.69, 9.17) is 9.47 Å². The van der Waals surface area contributed by atoms with Crippen LogP contribution in [0.5, 0.6) is 5.75 Å². The van der Waals surface area contributed by atoms with Crippen LogP contribution in [0.2, 0.25) is 0 Å². The minimum atomic E-state index is -4.28. The first kappa shape index (κ1) is 25.9. The Labute approximate surface area is 199 Å². The molecular formula is C26H33F3N2O3. The molecule has 1 heterocycles. The molecule has 0 bridgehead atoms. The Kier molecular flexibility index (Phi) is 8.13. The highest BCUT2D eigenvalue weighted by molar-refractivity contribution is 5.69. The zero-order valence-electron chi connectivity index (χ0n) is 20.1. The maximum absolute atomic E-state index is 13.0. The normalized spacial score (nSPS) is 19.1. The van der Waals surface area contributed by atoms with Gasteiger partial charge in [0.1, 0.15) is 11.4 Å². The van der Waals surface area contributed by atoms with Crippen LogP contribution in [0.4, 0.5) is 18.0 Å². The lowest BCUT2D eigenvalue weighted by Crippen LogP contribution is -2.51. The van der Waals surface area contributed by atoms with Crippen LogP contribution in [0.1, 0.15) is 56.3 Å². The topological polar surface area (TPSA) is 50.8 Å². The van der Waals surface area contributed by atoms with Gasteiger partial charge in [-0.1, -0.05) is 42.5 Å². The highest BCUT2D eigenvalue weighted by Crippen LogP contribution is 2.33. The average molecular weight is 479 g/mol. The molecule has 1 amide bonds. The average Bonchev–Trinajstić information content (AvgIpc) is 2.76. The number of alkyl halides is 3. The van der Waals surface area contributed by atoms with Crippen molar-refractivity contribution in [1.29, 1.82) is 0 Å². The van der Waals surface area contributed by atoms with Crippen molar-refractivity contribution < 1.29 is 27.4 Å². The Balaban J connectivity index is 1.85. The van der Waals surface area contributed by atoms with E-state index in [-0.39, 0.29) is 23.7 Å². The van der Waals surface area contributed by atoms with Gasteiger partial charge in [0.25, 0.3) is 0 Å². The van der Waals surface area contributed by atoms with Gasteiger partial charge in [-0.15, -0.1) is 0 Å². The molecule has 5 nitrogen and oxygen atoms in total. The number of rotatable bonds is 6. The van der Waals surface area contributed by atoms with Gasteiger partial charge in [-0.2, -0.15) is 13.2 Å². The second kappa shape index (κ2) is 10.7. The van der Waals surface area contributed by atoms with Gasteiger partial charge < -0.3 is 14.8 Å². The van der Waals surface area contributed by atoms with E-state index in [1.807, 2.05) is 51.1 Å². The van der Waals surface area contributed by atoms with Crippen molar-refractivity contribution in [1.82, 2.24) is 10.2 Å². The van der Waals surface area contributed by atoms with Gasteiger partial charge in [0, 0.05) is 24.7 Å². The Bertz CT molecular complexity index is 958. The molecule has 34 heavy (non-hydrogen) atoms. The summed E-state index contributed by atoms with van der Waals surface area (Å²) in [5, 5.41) is 3.49. The van der Waals surface area contributed by atoms with Gasteiger partial charge in [0.15, 0.2) is 0 Å². The Morgan fingerprint density at radius 3 is 2.44 bits per heavy atom. The summed E-state index contributed by atoms with van der Waals surface area (Å²) in [5.41, 5.74) is 1.18. The number of nitrogens with one attached hydrogen (secondary N) is 1. The van der Waals surface area contributed by atoms with Crippen molar-refractivity contribution in [3.63, 3.8) is 0 Å². The molecule has 3 rings (SSSR count). The highest BCUT2D eigenvalue weighted by Gasteiger charge is 2.37. The number of likely N-dealkylation sites (tertiary alicyclic amines) is 1. The molecule has 2 atom stereocenters. The largest absolute Gasteiger partial charge is 0.496 e. The van der Waals surface area contributed by atoms with Crippen molar-refractivity contribution in [3.8, 4) is 5.75 Å². The third-order valence-electron chi connectivity index (χ3n) is 5.70. The number of methoxy groups -OCH3 is 1. The number of nitrogens with zero attached hydrogens (tertiary/aromatic N) is 1. The molecule has 0 radical (unpaired) electrons. The Morgan fingerprint density at radius 2 is 1.82 bits per heavy atom. The number of halogens is 3. The first-order valence-electron chi connectivity index (χ1n) is 11.5. The van der Waals surface area contributed by atoms with Gasteiger partial charge in [0.05, 0.1) is 19.6 Å². The van der Waals surface area contributed by atoms with Crippen LogP contribution in [0.25, 0.3) is 0 Å². The molecule has 1 fully saturated rings. The van der Waals surface area contributed by atoms with Crippen LogP contribution in [0.3, 0.4) is 0 Å². The lowest BCUT2D eigenvalue weighted by molar-refractivity contribution is -0.127. The van der Waals surface area contributed by atoms with Gasteiger partial charge in [-0.25, -0.2) is 4.79 Å². The molecule has 0 saturated carbocycles. The van der Waals surface area contributed by atoms with Crippen LogP contribution in [0, 0.1) is 0 Å². The minimum Gasteiger partial charge on any atom is -0.496 e. The van der Waals surface area contributed by atoms with E-state index < -0.39 is 18.2 Å². The number of benzene rings is 2. The number of piperidine rings is 1. The predicted molar refractivity (Wildman–Crippen MR) is 125 cm³/mol. The Morgan fingerprint density at radius 1 is 1.12 bits per heavy atom. The molecular weight excluding hydrogens is 445 g/mol. The van der Waals surface area contributed by atoms with Crippen molar-refractivity contribution >= 4 is 6.09 Å². The predicted octanol–water partition coefficient (Wildman–Crippen LogP) is 6.03. The summed E-state index contributed by atoms with van der Waals surface area (Å²) in [5.74, 6) is 0.523. The standard InChI is InChI=1S/C26H33F3N2O3/c1-25(2,3)34-24(32)31-14-8-11-21(23(31)19-9-6-5-7-10-19)30-17-20-15-18(16-26(27,28)29)12-13-22(20)33-4/h5-7,9-10,12-13,15,21,23,30H,8,11,14,16-17H2,1-4H3. The molecule has 0 spiro atoms. The summed E-state index contributed by atoms with van der Waals surface area (Å²) >= 11 is 0. The van der Waals surface area contributed by atoms with E-state index in [9.17, 15) is 18.0 Å². The SMILES string of the molecule is COc1ccc(CC(F)(F)F)cc1CNC1CCCN(C(=O)OC(C)(C)C)C1c1ccccc1. The van der Waals surface area contributed by atoms with E-state index in [0.717, 1.165) is 18.4 Å². The van der Waals surface area contributed by atoms with E-state index in [0.29, 0.717) is 24.4 Å². The third kappa shape index (κ3) is 7.13. The van der Waals surface area contributed by atoms with Crippen molar-refractivity contribution in [3.05, 3.63) is 65.2 Å². The highest BCUT2D eigenvalue weighted by atomic mass is 19.4. The van der Waals surface area contributed by atoms with Gasteiger partial charge in [0.2, 0.25) is 0 Å². The minimum absolute atomic E-state index is 0.111. The van der Waals surface area contributed by atoms with Crippen LogP contribution in [0.15, 0.2) is 48.5 Å². The van der Waals surface area contributed by atoms with Crippen LogP contribution in [-0.2, 0) is 17.7 Å². The molecule has 0 aliphatic carbocycles. The lowest BCUT2D eigenvalue weighted by Gasteiger charge is -2.42. The zero-order chi connectivity index (χ0) is 24.9. The molecule has 8 heteroatoms. The van der Waals surface area contributed by atoms with Crippen LogP contribution >= 0.6 is 0 Å². The third-order valence-corrected chi connectivity index (χ3v) is 5.70. The van der Waals surface area contributed by atoms with Gasteiger partial charge in [-0.3, -0.25) is 4.90 Å². The second-order valence-corrected chi connectivity index (χ2v) is 9.60. The number of amides is 1.